The molecule has 0 heterocycles. The molecule has 0 aliphatic rings. The van der Waals surface area contributed by atoms with Crippen LogP contribution < -0.4 is 0 Å². The van der Waals surface area contributed by atoms with Crippen LogP contribution in [0.15, 0.2) is 12.2 Å². The van der Waals surface area contributed by atoms with E-state index in [1.54, 1.807) is 0 Å². The second kappa shape index (κ2) is 12.7. The van der Waals surface area contributed by atoms with Gasteiger partial charge in [0.15, 0.2) is 0 Å². The highest BCUT2D eigenvalue weighted by Crippen LogP contribution is 2.05. The maximum Gasteiger partial charge on any atom is 0.305 e. The van der Waals surface area contributed by atoms with Crippen molar-refractivity contribution >= 4 is 5.97 Å². The van der Waals surface area contributed by atoms with Gasteiger partial charge in [0.05, 0.1) is 6.61 Å². The third kappa shape index (κ3) is 13.3. The average molecular weight is 254 g/mol. The number of carbonyl (C=O) groups excluding carboxylic acids is 1. The number of carbonyl (C=O) groups is 1. The first kappa shape index (κ1) is 17.2. The maximum absolute atomic E-state index is 11.3. The number of unbranched alkanes of at least 4 members (excludes halogenated alkanes) is 5. The lowest BCUT2D eigenvalue weighted by molar-refractivity contribution is -0.144. The van der Waals surface area contributed by atoms with Crippen molar-refractivity contribution in [2.24, 2.45) is 5.92 Å². The van der Waals surface area contributed by atoms with E-state index in [9.17, 15) is 4.79 Å². The number of hydrogen-bond donors (Lipinski definition) is 0. The molecule has 0 aromatic rings. The van der Waals surface area contributed by atoms with Gasteiger partial charge < -0.3 is 4.74 Å². The molecule has 0 aliphatic carbocycles. The fourth-order valence-corrected chi connectivity index (χ4v) is 1.61. The van der Waals surface area contributed by atoms with Gasteiger partial charge in [0.25, 0.3) is 0 Å². The summed E-state index contributed by atoms with van der Waals surface area (Å²) in [6.45, 7) is 6.88. The van der Waals surface area contributed by atoms with Gasteiger partial charge in [-0.1, -0.05) is 45.8 Å². The van der Waals surface area contributed by atoms with Gasteiger partial charge in [-0.2, -0.15) is 0 Å². The molecule has 0 amide bonds. The van der Waals surface area contributed by atoms with Gasteiger partial charge in [-0.05, 0) is 38.0 Å². The van der Waals surface area contributed by atoms with Gasteiger partial charge in [0.2, 0.25) is 0 Å². The summed E-state index contributed by atoms with van der Waals surface area (Å²) in [6, 6.07) is 0. The van der Waals surface area contributed by atoms with Crippen LogP contribution in [0.1, 0.15) is 72.1 Å². The van der Waals surface area contributed by atoms with E-state index < -0.39 is 0 Å². The Morgan fingerprint density at radius 3 is 2.22 bits per heavy atom. The number of esters is 1. The van der Waals surface area contributed by atoms with Gasteiger partial charge in [0.1, 0.15) is 0 Å². The van der Waals surface area contributed by atoms with E-state index in [2.05, 4.69) is 32.9 Å². The summed E-state index contributed by atoms with van der Waals surface area (Å²) in [4.78, 5) is 11.3. The molecule has 0 fully saturated rings. The van der Waals surface area contributed by atoms with Crippen LogP contribution in [0.25, 0.3) is 0 Å². The molecule has 0 aromatic carbocycles. The van der Waals surface area contributed by atoms with E-state index >= 15 is 0 Å². The molecule has 0 spiro atoms. The van der Waals surface area contributed by atoms with Crippen LogP contribution in [-0.2, 0) is 9.53 Å². The summed E-state index contributed by atoms with van der Waals surface area (Å²) in [5, 5.41) is 0. The van der Waals surface area contributed by atoms with Crippen LogP contribution in [0.4, 0.5) is 0 Å². The zero-order valence-corrected chi connectivity index (χ0v) is 12.4. The first-order valence-electron chi connectivity index (χ1n) is 7.47. The topological polar surface area (TPSA) is 26.3 Å². The number of ether oxygens (including phenoxy) is 1. The Labute approximate surface area is 113 Å². The van der Waals surface area contributed by atoms with Gasteiger partial charge in [-0.25, -0.2) is 0 Å². The summed E-state index contributed by atoms with van der Waals surface area (Å²) in [7, 11) is 0. The molecule has 0 aliphatic heterocycles. The smallest absolute Gasteiger partial charge is 0.305 e. The highest BCUT2D eigenvalue weighted by molar-refractivity contribution is 5.69. The number of rotatable bonds is 11. The third-order valence-corrected chi connectivity index (χ3v) is 2.72. The van der Waals surface area contributed by atoms with E-state index in [0.717, 1.165) is 19.3 Å². The molecule has 106 valence electrons. The van der Waals surface area contributed by atoms with E-state index in [1.807, 2.05) is 0 Å². The van der Waals surface area contributed by atoms with Crippen LogP contribution in [-0.4, -0.2) is 12.6 Å². The molecule has 18 heavy (non-hydrogen) atoms. The molecule has 2 heteroatoms. The lowest BCUT2D eigenvalue weighted by Gasteiger charge is -2.06. The molecule has 0 bridgehead atoms. The minimum absolute atomic E-state index is 0.0457. The van der Waals surface area contributed by atoms with Crippen molar-refractivity contribution in [1.29, 1.82) is 0 Å². The number of hydrogen-bond acceptors (Lipinski definition) is 2. The minimum Gasteiger partial charge on any atom is -0.465 e. The second-order valence-corrected chi connectivity index (χ2v) is 5.29. The molecule has 0 unspecified atom stereocenters. The molecule has 0 rings (SSSR count). The quantitative estimate of drug-likeness (QED) is 0.298. The Kier molecular flexibility index (Phi) is 12.1. The zero-order valence-electron chi connectivity index (χ0n) is 12.4. The molecule has 2 nitrogen and oxygen atoms in total. The van der Waals surface area contributed by atoms with Crippen LogP contribution in [0.2, 0.25) is 0 Å². The maximum atomic E-state index is 11.3. The molecule has 0 saturated carbocycles. The largest absolute Gasteiger partial charge is 0.465 e. The Morgan fingerprint density at radius 2 is 1.67 bits per heavy atom. The fourth-order valence-electron chi connectivity index (χ4n) is 1.61. The molecule has 0 aromatic heterocycles. The second-order valence-electron chi connectivity index (χ2n) is 5.29. The predicted octanol–water partition coefficient (Wildman–Crippen LogP) is 4.88. The van der Waals surface area contributed by atoms with Crippen molar-refractivity contribution in [3.63, 3.8) is 0 Å². The summed E-state index contributed by atoms with van der Waals surface area (Å²) in [5.74, 6) is 0.385. The Morgan fingerprint density at radius 1 is 1.06 bits per heavy atom. The highest BCUT2D eigenvalue weighted by atomic mass is 16.5. The van der Waals surface area contributed by atoms with Crippen molar-refractivity contribution in [1.82, 2.24) is 0 Å². The monoisotopic (exact) mass is 254 g/mol. The lowest BCUT2D eigenvalue weighted by atomic mass is 10.1. The summed E-state index contributed by atoms with van der Waals surface area (Å²) < 4.78 is 5.12. The molecule has 0 N–H and O–H groups in total. The van der Waals surface area contributed by atoms with Crippen molar-refractivity contribution < 1.29 is 9.53 Å². The average Bonchev–Trinajstić information content (AvgIpc) is 2.34. The molecular formula is C16H30O2. The third-order valence-electron chi connectivity index (χ3n) is 2.72. The summed E-state index contributed by atoms with van der Waals surface area (Å²) in [6.07, 6.45) is 13.3. The van der Waals surface area contributed by atoms with E-state index in [0.29, 0.717) is 18.9 Å². The standard InChI is InChI=1S/C16H30O2/c1-4-5-6-7-8-9-10-11-12-13-16(17)18-14-15(2)3/h8-9,15H,4-7,10-14H2,1-3H3. The first-order valence-corrected chi connectivity index (χ1v) is 7.47. The summed E-state index contributed by atoms with van der Waals surface area (Å²) >= 11 is 0. The highest BCUT2D eigenvalue weighted by Gasteiger charge is 2.03. The Balaban J connectivity index is 3.26. The van der Waals surface area contributed by atoms with Gasteiger partial charge >= 0.3 is 5.97 Å². The van der Waals surface area contributed by atoms with Crippen LogP contribution in [0.3, 0.4) is 0 Å². The van der Waals surface area contributed by atoms with E-state index in [-0.39, 0.29) is 5.97 Å². The Bertz CT molecular complexity index is 219. The lowest BCUT2D eigenvalue weighted by Crippen LogP contribution is -2.09. The fraction of sp³-hybridized carbons (Fsp3) is 0.812. The van der Waals surface area contributed by atoms with E-state index in [4.69, 9.17) is 4.74 Å². The van der Waals surface area contributed by atoms with Crippen LogP contribution >= 0.6 is 0 Å². The molecule has 0 atom stereocenters. The first-order chi connectivity index (χ1) is 8.66. The van der Waals surface area contributed by atoms with Crippen molar-refractivity contribution in [3.8, 4) is 0 Å². The molecule has 0 radical (unpaired) electrons. The zero-order chi connectivity index (χ0) is 13.6. The van der Waals surface area contributed by atoms with Crippen LogP contribution in [0, 0.1) is 5.92 Å². The molecule has 0 saturated heterocycles. The Hall–Kier alpha value is -0.790. The van der Waals surface area contributed by atoms with Gasteiger partial charge in [-0.15, -0.1) is 0 Å². The van der Waals surface area contributed by atoms with Gasteiger partial charge in [-0.3, -0.25) is 4.79 Å². The van der Waals surface area contributed by atoms with Crippen LogP contribution in [0.5, 0.6) is 0 Å². The normalized spacial score (nSPS) is 11.3. The predicted molar refractivity (Wildman–Crippen MR) is 77.5 cm³/mol. The van der Waals surface area contributed by atoms with E-state index in [1.165, 1.54) is 25.7 Å². The van der Waals surface area contributed by atoms with Crippen molar-refractivity contribution in [2.45, 2.75) is 72.1 Å². The molecular weight excluding hydrogens is 224 g/mol. The van der Waals surface area contributed by atoms with Gasteiger partial charge in [0, 0.05) is 6.42 Å². The number of allylic oxidation sites excluding steroid dienone is 2. The summed E-state index contributed by atoms with van der Waals surface area (Å²) in [5.41, 5.74) is 0. The SMILES string of the molecule is CCCCCC=CCCCCC(=O)OCC(C)C. The van der Waals surface area contributed by atoms with Crippen molar-refractivity contribution in [2.75, 3.05) is 6.61 Å². The van der Waals surface area contributed by atoms with Crippen molar-refractivity contribution in [3.05, 3.63) is 12.2 Å². The minimum atomic E-state index is -0.0457.